The predicted molar refractivity (Wildman–Crippen MR) is 76.6 cm³/mol. The number of hydrogen-bond acceptors (Lipinski definition) is 5. The lowest BCUT2D eigenvalue weighted by molar-refractivity contribution is -0.139. The Morgan fingerprint density at radius 2 is 2.00 bits per heavy atom. The van der Waals surface area contributed by atoms with E-state index in [-0.39, 0.29) is 18.3 Å². The summed E-state index contributed by atoms with van der Waals surface area (Å²) in [7, 11) is 1.33. The van der Waals surface area contributed by atoms with Gasteiger partial charge in [-0.25, -0.2) is 4.98 Å². The van der Waals surface area contributed by atoms with Crippen molar-refractivity contribution in [3.63, 3.8) is 0 Å². The number of amides is 1. The second-order valence-electron chi connectivity index (χ2n) is 4.08. The highest BCUT2D eigenvalue weighted by atomic mass is 32.1. The summed E-state index contributed by atoms with van der Waals surface area (Å²) in [6.45, 7) is 0. The van der Waals surface area contributed by atoms with Crippen molar-refractivity contribution in [1.82, 2.24) is 4.98 Å². The van der Waals surface area contributed by atoms with Gasteiger partial charge in [0.1, 0.15) is 10.0 Å². The van der Waals surface area contributed by atoms with Crippen molar-refractivity contribution in [3.05, 3.63) is 47.1 Å². The van der Waals surface area contributed by atoms with Crippen LogP contribution in [0.25, 0.3) is 0 Å². The molecular weight excluding hydrogens is 276 g/mol. The van der Waals surface area contributed by atoms with Crippen LogP contribution in [0.2, 0.25) is 0 Å². The number of methoxy groups -OCH3 is 1. The van der Waals surface area contributed by atoms with Crippen LogP contribution >= 0.6 is 11.3 Å². The summed E-state index contributed by atoms with van der Waals surface area (Å²) in [5.41, 5.74) is 0.948. The van der Waals surface area contributed by atoms with Crippen molar-refractivity contribution in [2.24, 2.45) is 0 Å². The minimum Gasteiger partial charge on any atom is -0.469 e. The molecule has 2 aromatic rings. The van der Waals surface area contributed by atoms with Crippen LogP contribution in [0.1, 0.15) is 10.6 Å². The van der Waals surface area contributed by atoms with E-state index in [1.807, 2.05) is 30.3 Å². The topological polar surface area (TPSA) is 68.3 Å². The summed E-state index contributed by atoms with van der Waals surface area (Å²) in [4.78, 5) is 27.0. The van der Waals surface area contributed by atoms with Gasteiger partial charge in [-0.2, -0.15) is 0 Å². The van der Waals surface area contributed by atoms with E-state index in [9.17, 15) is 9.59 Å². The molecule has 0 aliphatic carbocycles. The first-order valence-corrected chi connectivity index (χ1v) is 6.84. The number of nitrogens with one attached hydrogen (secondary N) is 1. The summed E-state index contributed by atoms with van der Waals surface area (Å²) < 4.78 is 4.56. The Hall–Kier alpha value is -2.21. The van der Waals surface area contributed by atoms with Gasteiger partial charge in [0.2, 0.25) is 5.91 Å². The van der Waals surface area contributed by atoms with E-state index in [0.29, 0.717) is 16.4 Å². The van der Waals surface area contributed by atoms with Gasteiger partial charge in [0.15, 0.2) is 0 Å². The van der Waals surface area contributed by atoms with Crippen LogP contribution in [0, 0.1) is 0 Å². The second-order valence-corrected chi connectivity index (χ2v) is 5.20. The minimum atomic E-state index is -0.346. The first kappa shape index (κ1) is 14.2. The fourth-order valence-corrected chi connectivity index (χ4v) is 2.43. The lowest BCUT2D eigenvalue weighted by Gasteiger charge is -2.01. The van der Waals surface area contributed by atoms with Crippen molar-refractivity contribution < 1.29 is 14.3 Å². The number of thiazole rings is 1. The maximum absolute atomic E-state index is 11.8. The molecule has 2 rings (SSSR count). The molecule has 0 saturated carbocycles. The Balaban J connectivity index is 1.90. The summed E-state index contributed by atoms with van der Waals surface area (Å²) in [5, 5.41) is 4.01. The third-order valence-corrected chi connectivity index (χ3v) is 3.46. The van der Waals surface area contributed by atoms with E-state index in [1.165, 1.54) is 18.4 Å². The number of benzene rings is 1. The van der Waals surface area contributed by atoms with E-state index >= 15 is 0 Å². The second kappa shape index (κ2) is 6.81. The van der Waals surface area contributed by atoms with E-state index in [1.54, 1.807) is 6.20 Å². The first-order chi connectivity index (χ1) is 9.67. The van der Waals surface area contributed by atoms with Crippen LogP contribution in [0.3, 0.4) is 0 Å². The van der Waals surface area contributed by atoms with Gasteiger partial charge in [0, 0.05) is 0 Å². The number of aromatic nitrogens is 1. The molecule has 6 heteroatoms. The number of ether oxygens (including phenoxy) is 1. The third-order valence-electron chi connectivity index (χ3n) is 2.55. The molecular formula is C14H14N2O3S. The predicted octanol–water partition coefficient (Wildman–Crippen LogP) is 2.04. The molecule has 104 valence electrons. The molecule has 0 fully saturated rings. The van der Waals surface area contributed by atoms with Gasteiger partial charge in [0.25, 0.3) is 0 Å². The quantitative estimate of drug-likeness (QED) is 0.856. The van der Waals surface area contributed by atoms with Crippen molar-refractivity contribution in [2.75, 3.05) is 12.4 Å². The zero-order valence-corrected chi connectivity index (χ0v) is 11.8. The molecule has 0 aliphatic rings. The Morgan fingerprint density at radius 1 is 1.25 bits per heavy atom. The SMILES string of the molecule is COC(=O)Cc1ncc(NC(=O)Cc2ccccc2)s1. The monoisotopic (exact) mass is 290 g/mol. The van der Waals surface area contributed by atoms with Crippen LogP contribution < -0.4 is 5.32 Å². The Labute approximate surface area is 120 Å². The molecule has 0 atom stereocenters. The van der Waals surface area contributed by atoms with E-state index in [4.69, 9.17) is 0 Å². The lowest BCUT2D eigenvalue weighted by Crippen LogP contribution is -2.13. The molecule has 0 saturated heterocycles. The van der Waals surface area contributed by atoms with Gasteiger partial charge in [-0.15, -0.1) is 11.3 Å². The van der Waals surface area contributed by atoms with E-state index in [0.717, 1.165) is 5.56 Å². The molecule has 1 N–H and O–H groups in total. The highest BCUT2D eigenvalue weighted by molar-refractivity contribution is 7.15. The van der Waals surface area contributed by atoms with Crippen LogP contribution in [0.5, 0.6) is 0 Å². The zero-order chi connectivity index (χ0) is 14.4. The van der Waals surface area contributed by atoms with Gasteiger partial charge in [0.05, 0.1) is 26.1 Å². The van der Waals surface area contributed by atoms with Gasteiger partial charge < -0.3 is 10.1 Å². The number of carbonyl (C=O) groups is 2. The Morgan fingerprint density at radius 3 is 2.70 bits per heavy atom. The number of hydrogen-bond donors (Lipinski definition) is 1. The van der Waals surface area contributed by atoms with Gasteiger partial charge in [-0.1, -0.05) is 30.3 Å². The number of esters is 1. The van der Waals surface area contributed by atoms with Gasteiger partial charge in [-0.3, -0.25) is 9.59 Å². The largest absolute Gasteiger partial charge is 0.469 e. The standard InChI is InChI=1S/C14H14N2O3S/c1-19-14(18)8-12-15-9-13(20-12)16-11(17)7-10-5-3-2-4-6-10/h2-6,9H,7-8H2,1H3,(H,16,17). The molecule has 0 bridgehead atoms. The first-order valence-electron chi connectivity index (χ1n) is 6.02. The van der Waals surface area contributed by atoms with Crippen molar-refractivity contribution in [1.29, 1.82) is 0 Å². The van der Waals surface area contributed by atoms with Crippen LogP contribution in [-0.4, -0.2) is 24.0 Å². The molecule has 5 nitrogen and oxygen atoms in total. The van der Waals surface area contributed by atoms with Crippen molar-refractivity contribution in [3.8, 4) is 0 Å². The van der Waals surface area contributed by atoms with Crippen molar-refractivity contribution >= 4 is 28.2 Å². The average molecular weight is 290 g/mol. The molecule has 0 spiro atoms. The summed E-state index contributed by atoms with van der Waals surface area (Å²) in [6, 6.07) is 9.49. The van der Waals surface area contributed by atoms with E-state index < -0.39 is 0 Å². The lowest BCUT2D eigenvalue weighted by atomic mass is 10.1. The maximum Gasteiger partial charge on any atom is 0.312 e. The normalized spacial score (nSPS) is 10.1. The molecule has 0 unspecified atom stereocenters. The zero-order valence-electron chi connectivity index (χ0n) is 11.0. The molecule has 0 aliphatic heterocycles. The summed E-state index contributed by atoms with van der Waals surface area (Å²) in [5.74, 6) is -0.453. The summed E-state index contributed by atoms with van der Waals surface area (Å²) in [6.07, 6.45) is 1.98. The minimum absolute atomic E-state index is 0.107. The molecule has 1 heterocycles. The van der Waals surface area contributed by atoms with E-state index in [2.05, 4.69) is 15.0 Å². The number of nitrogens with zero attached hydrogens (tertiary/aromatic N) is 1. The fraction of sp³-hybridized carbons (Fsp3) is 0.214. The smallest absolute Gasteiger partial charge is 0.312 e. The molecule has 1 amide bonds. The van der Waals surface area contributed by atoms with Gasteiger partial charge in [-0.05, 0) is 5.56 Å². The molecule has 1 aromatic carbocycles. The molecule has 20 heavy (non-hydrogen) atoms. The maximum atomic E-state index is 11.8. The Bertz CT molecular complexity index is 595. The summed E-state index contributed by atoms with van der Waals surface area (Å²) >= 11 is 1.27. The highest BCUT2D eigenvalue weighted by Gasteiger charge is 2.10. The number of carbonyl (C=O) groups excluding carboxylic acids is 2. The average Bonchev–Trinajstić information content (AvgIpc) is 2.86. The Kier molecular flexibility index (Phi) is 4.84. The van der Waals surface area contributed by atoms with Gasteiger partial charge >= 0.3 is 5.97 Å². The van der Waals surface area contributed by atoms with Crippen molar-refractivity contribution in [2.45, 2.75) is 12.8 Å². The van der Waals surface area contributed by atoms with Crippen LogP contribution in [-0.2, 0) is 27.2 Å². The molecule has 0 radical (unpaired) electrons. The number of anilines is 1. The highest BCUT2D eigenvalue weighted by Crippen LogP contribution is 2.19. The van der Waals surface area contributed by atoms with Crippen LogP contribution in [0.15, 0.2) is 36.5 Å². The van der Waals surface area contributed by atoms with Crippen LogP contribution in [0.4, 0.5) is 5.00 Å². The third kappa shape index (κ3) is 4.17. The molecule has 1 aromatic heterocycles. The number of rotatable bonds is 5. The fourth-order valence-electron chi connectivity index (χ4n) is 1.61.